The lowest BCUT2D eigenvalue weighted by Crippen LogP contribution is -2.46. The average Bonchev–Trinajstić information content (AvgIpc) is 2.92. The van der Waals surface area contributed by atoms with Crippen molar-refractivity contribution in [3.05, 3.63) is 39.8 Å². The zero-order chi connectivity index (χ0) is 13.8. The molecular weight excluding hydrogens is 292 g/mol. The smallest absolute Gasteiger partial charge is 0.225 e. The summed E-state index contributed by atoms with van der Waals surface area (Å²) in [4.78, 5) is 12.2. The van der Waals surface area contributed by atoms with Gasteiger partial charge in [-0.3, -0.25) is 0 Å². The van der Waals surface area contributed by atoms with Gasteiger partial charge in [0, 0.05) is 42.9 Å². The maximum absolute atomic E-state index is 5.95. The van der Waals surface area contributed by atoms with Gasteiger partial charge in [0.05, 0.1) is 4.34 Å². The quantitative estimate of drug-likeness (QED) is 0.943. The zero-order valence-electron chi connectivity index (χ0n) is 11.1. The second-order valence-corrected chi connectivity index (χ2v) is 6.72. The fraction of sp³-hybridized carbons (Fsp3) is 0.429. The number of hydrogen-bond donors (Lipinski definition) is 1. The molecular formula is C14H17ClN4S. The van der Waals surface area contributed by atoms with Crippen LogP contribution in [-0.4, -0.2) is 29.1 Å². The number of nitrogens with zero attached hydrogens (tertiary/aromatic N) is 3. The van der Waals surface area contributed by atoms with E-state index in [2.05, 4.69) is 26.3 Å². The van der Waals surface area contributed by atoms with E-state index in [0.29, 0.717) is 6.04 Å². The first-order valence-corrected chi connectivity index (χ1v) is 8.00. The molecule has 20 heavy (non-hydrogen) atoms. The highest BCUT2D eigenvalue weighted by molar-refractivity contribution is 7.16. The van der Waals surface area contributed by atoms with Crippen molar-refractivity contribution < 1.29 is 0 Å². The third-order valence-corrected chi connectivity index (χ3v) is 4.68. The van der Waals surface area contributed by atoms with Crippen LogP contribution in [0.25, 0.3) is 0 Å². The molecule has 4 nitrogen and oxygen atoms in total. The predicted octanol–water partition coefficient (Wildman–Crippen LogP) is 2.95. The van der Waals surface area contributed by atoms with Gasteiger partial charge >= 0.3 is 0 Å². The van der Waals surface area contributed by atoms with Gasteiger partial charge in [0.25, 0.3) is 0 Å². The van der Waals surface area contributed by atoms with Crippen LogP contribution in [0.4, 0.5) is 5.95 Å². The van der Waals surface area contributed by atoms with Crippen molar-refractivity contribution in [2.75, 3.05) is 18.0 Å². The highest BCUT2D eigenvalue weighted by atomic mass is 35.5. The number of hydrogen-bond acceptors (Lipinski definition) is 5. The normalized spacial score (nSPS) is 19.2. The number of piperidine rings is 1. The van der Waals surface area contributed by atoms with Gasteiger partial charge in [-0.1, -0.05) is 11.6 Å². The minimum Gasteiger partial charge on any atom is -0.339 e. The summed E-state index contributed by atoms with van der Waals surface area (Å²) < 4.78 is 0.852. The molecule has 1 saturated heterocycles. The fourth-order valence-corrected chi connectivity index (χ4v) is 3.51. The molecule has 0 bridgehead atoms. The summed E-state index contributed by atoms with van der Waals surface area (Å²) in [5.74, 6) is 0.832. The Morgan fingerprint density at radius 2 is 2.20 bits per heavy atom. The Kier molecular flexibility index (Phi) is 4.50. The minimum absolute atomic E-state index is 0.480. The van der Waals surface area contributed by atoms with Gasteiger partial charge in [-0.05, 0) is 31.0 Å². The van der Waals surface area contributed by atoms with E-state index in [9.17, 15) is 0 Å². The molecule has 0 spiro atoms. The largest absolute Gasteiger partial charge is 0.339 e. The lowest BCUT2D eigenvalue weighted by atomic mass is 10.1. The van der Waals surface area contributed by atoms with Gasteiger partial charge < -0.3 is 10.2 Å². The van der Waals surface area contributed by atoms with Gasteiger partial charge in [-0.15, -0.1) is 11.3 Å². The van der Waals surface area contributed by atoms with E-state index >= 15 is 0 Å². The van der Waals surface area contributed by atoms with E-state index in [1.807, 2.05) is 12.1 Å². The topological polar surface area (TPSA) is 41.0 Å². The SMILES string of the molecule is Clc1ccc(CNC2CCCN(c3ncccn3)C2)s1. The standard InChI is InChI=1S/C14H17ClN4S/c15-13-5-4-12(20-13)9-18-11-3-1-8-19(10-11)14-16-6-2-7-17-14/h2,4-7,11,18H,1,3,8-10H2. The van der Waals surface area contributed by atoms with Crippen molar-refractivity contribution in [3.63, 3.8) is 0 Å². The van der Waals surface area contributed by atoms with Crippen LogP contribution in [0.2, 0.25) is 4.34 Å². The lowest BCUT2D eigenvalue weighted by molar-refractivity contribution is 0.419. The molecule has 2 aromatic rings. The molecule has 1 atom stereocenters. The predicted molar refractivity (Wildman–Crippen MR) is 83.4 cm³/mol. The zero-order valence-corrected chi connectivity index (χ0v) is 12.7. The summed E-state index contributed by atoms with van der Waals surface area (Å²) >= 11 is 7.59. The van der Waals surface area contributed by atoms with Gasteiger partial charge in [-0.2, -0.15) is 0 Å². The minimum atomic E-state index is 0.480. The molecule has 1 unspecified atom stereocenters. The first-order valence-electron chi connectivity index (χ1n) is 6.81. The van der Waals surface area contributed by atoms with Gasteiger partial charge in [-0.25, -0.2) is 9.97 Å². The molecule has 0 radical (unpaired) electrons. The Morgan fingerprint density at radius 3 is 2.95 bits per heavy atom. The summed E-state index contributed by atoms with van der Waals surface area (Å²) in [6.45, 7) is 2.88. The van der Waals surface area contributed by atoms with E-state index in [4.69, 9.17) is 11.6 Å². The number of rotatable bonds is 4. The molecule has 1 aliphatic heterocycles. The Labute approximate surface area is 127 Å². The van der Waals surface area contributed by atoms with E-state index < -0.39 is 0 Å². The van der Waals surface area contributed by atoms with E-state index in [1.54, 1.807) is 23.7 Å². The van der Waals surface area contributed by atoms with Crippen LogP contribution in [0.3, 0.4) is 0 Å². The summed E-state index contributed by atoms with van der Waals surface area (Å²) in [5, 5.41) is 3.61. The monoisotopic (exact) mass is 308 g/mol. The van der Waals surface area contributed by atoms with Crippen molar-refractivity contribution in [1.29, 1.82) is 0 Å². The molecule has 0 aliphatic carbocycles. The summed E-state index contributed by atoms with van der Waals surface area (Å²) in [6, 6.07) is 6.37. The molecule has 0 saturated carbocycles. The van der Waals surface area contributed by atoms with Crippen molar-refractivity contribution in [3.8, 4) is 0 Å². The molecule has 0 amide bonds. The maximum Gasteiger partial charge on any atom is 0.225 e. The first-order chi connectivity index (χ1) is 9.81. The second-order valence-electron chi connectivity index (χ2n) is 4.92. The number of anilines is 1. The van der Waals surface area contributed by atoms with Gasteiger partial charge in [0.15, 0.2) is 0 Å². The number of aromatic nitrogens is 2. The number of nitrogens with one attached hydrogen (secondary N) is 1. The molecule has 1 fully saturated rings. The molecule has 2 aromatic heterocycles. The first kappa shape index (κ1) is 13.8. The van der Waals surface area contributed by atoms with E-state index in [1.165, 1.54) is 17.7 Å². The molecule has 1 aliphatic rings. The maximum atomic E-state index is 5.95. The Balaban J connectivity index is 1.55. The number of thiophene rings is 1. The van der Waals surface area contributed by atoms with Crippen LogP contribution in [0.15, 0.2) is 30.6 Å². The second kappa shape index (κ2) is 6.52. The van der Waals surface area contributed by atoms with Crippen molar-refractivity contribution >= 4 is 28.9 Å². The van der Waals surface area contributed by atoms with E-state index in [0.717, 1.165) is 29.9 Å². The third-order valence-electron chi connectivity index (χ3n) is 3.45. The van der Waals surface area contributed by atoms with Gasteiger partial charge in [0.1, 0.15) is 0 Å². The van der Waals surface area contributed by atoms with E-state index in [-0.39, 0.29) is 0 Å². The average molecular weight is 309 g/mol. The summed E-state index contributed by atoms with van der Waals surface area (Å²) in [6.07, 6.45) is 5.96. The summed E-state index contributed by atoms with van der Waals surface area (Å²) in [5.41, 5.74) is 0. The van der Waals surface area contributed by atoms with Crippen molar-refractivity contribution in [2.24, 2.45) is 0 Å². The lowest BCUT2D eigenvalue weighted by Gasteiger charge is -2.33. The molecule has 1 N–H and O–H groups in total. The Hall–Kier alpha value is -1.17. The van der Waals surface area contributed by atoms with Crippen LogP contribution in [0.5, 0.6) is 0 Å². The highest BCUT2D eigenvalue weighted by Gasteiger charge is 2.21. The fourth-order valence-electron chi connectivity index (χ4n) is 2.47. The van der Waals surface area contributed by atoms with Crippen LogP contribution < -0.4 is 10.2 Å². The van der Waals surface area contributed by atoms with Crippen LogP contribution in [0, 0.1) is 0 Å². The number of halogens is 1. The van der Waals surface area contributed by atoms with Crippen molar-refractivity contribution in [1.82, 2.24) is 15.3 Å². The molecule has 6 heteroatoms. The highest BCUT2D eigenvalue weighted by Crippen LogP contribution is 2.22. The van der Waals surface area contributed by atoms with Crippen LogP contribution >= 0.6 is 22.9 Å². The molecule has 3 heterocycles. The van der Waals surface area contributed by atoms with Crippen LogP contribution in [0.1, 0.15) is 17.7 Å². The Bertz CT molecular complexity index is 545. The van der Waals surface area contributed by atoms with Gasteiger partial charge in [0.2, 0.25) is 5.95 Å². The summed E-state index contributed by atoms with van der Waals surface area (Å²) in [7, 11) is 0. The third kappa shape index (κ3) is 3.48. The molecule has 0 aromatic carbocycles. The Morgan fingerprint density at radius 1 is 1.35 bits per heavy atom. The van der Waals surface area contributed by atoms with Crippen LogP contribution in [-0.2, 0) is 6.54 Å². The molecule has 106 valence electrons. The molecule has 3 rings (SSSR count). The van der Waals surface area contributed by atoms with Crippen molar-refractivity contribution in [2.45, 2.75) is 25.4 Å².